The number of ether oxygens (including phenoxy) is 1. The van der Waals surface area contributed by atoms with Crippen molar-refractivity contribution in [2.75, 3.05) is 27.2 Å². The van der Waals surface area contributed by atoms with Crippen molar-refractivity contribution in [3.05, 3.63) is 34.9 Å². The molecule has 1 aromatic rings. The van der Waals surface area contributed by atoms with Crippen LogP contribution in [0.5, 0.6) is 0 Å². The molecule has 0 saturated carbocycles. The zero-order valence-corrected chi connectivity index (χ0v) is 15.8. The molecule has 0 radical (unpaired) electrons. The number of likely N-dealkylation sites (N-methyl/N-ethyl adjacent to an activating group) is 1. The van der Waals surface area contributed by atoms with E-state index in [1.54, 1.807) is 14.1 Å². The van der Waals surface area contributed by atoms with Crippen molar-refractivity contribution in [3.63, 3.8) is 0 Å². The van der Waals surface area contributed by atoms with Gasteiger partial charge in [0.15, 0.2) is 5.96 Å². The van der Waals surface area contributed by atoms with Gasteiger partial charge in [0.05, 0.1) is 0 Å². The molecule has 0 aromatic heterocycles. The van der Waals surface area contributed by atoms with Gasteiger partial charge in [0.1, 0.15) is 5.60 Å². The van der Waals surface area contributed by atoms with Gasteiger partial charge in [-0.3, -0.25) is 4.99 Å². The van der Waals surface area contributed by atoms with E-state index in [0.29, 0.717) is 30.6 Å². The van der Waals surface area contributed by atoms with Gasteiger partial charge in [0, 0.05) is 38.8 Å². The van der Waals surface area contributed by atoms with Crippen LogP contribution in [0.25, 0.3) is 0 Å². The number of rotatable bonds is 5. The van der Waals surface area contributed by atoms with Crippen molar-refractivity contribution in [1.29, 1.82) is 0 Å². The maximum atomic E-state index is 11.9. The molecule has 0 unspecified atom stereocenters. The summed E-state index contributed by atoms with van der Waals surface area (Å²) in [5.74, 6) is 0.660. The number of hydrogen-bond acceptors (Lipinski definition) is 3. The highest BCUT2D eigenvalue weighted by Gasteiger charge is 2.19. The Hall–Kier alpha value is -1.95. The highest BCUT2D eigenvalue weighted by molar-refractivity contribution is 6.30. The molecule has 1 rings (SSSR count). The molecule has 0 aliphatic heterocycles. The van der Waals surface area contributed by atoms with Crippen LogP contribution in [0.1, 0.15) is 26.3 Å². The number of carbonyl (C=O) groups is 1. The molecule has 6 nitrogen and oxygen atoms in total. The predicted octanol–water partition coefficient (Wildman–Crippen LogP) is 2.87. The lowest BCUT2D eigenvalue weighted by Crippen LogP contribution is -2.42. The van der Waals surface area contributed by atoms with E-state index >= 15 is 0 Å². The average molecular weight is 355 g/mol. The Balaban J connectivity index is 2.35. The zero-order chi connectivity index (χ0) is 18.2. The second kappa shape index (κ2) is 9.37. The second-order valence-corrected chi connectivity index (χ2v) is 6.82. The third kappa shape index (κ3) is 8.06. The molecule has 1 amide bonds. The molecule has 1 aromatic carbocycles. The smallest absolute Gasteiger partial charge is 0.410 e. The number of nitrogens with zero attached hydrogens (tertiary/aromatic N) is 2. The molecule has 24 heavy (non-hydrogen) atoms. The summed E-state index contributed by atoms with van der Waals surface area (Å²) in [5.41, 5.74) is 0.573. The first-order chi connectivity index (χ1) is 11.2. The normalized spacial score (nSPS) is 11.8. The van der Waals surface area contributed by atoms with Crippen LogP contribution >= 0.6 is 11.6 Å². The number of amides is 1. The summed E-state index contributed by atoms with van der Waals surface area (Å²) in [7, 11) is 3.41. The van der Waals surface area contributed by atoms with Gasteiger partial charge in [-0.2, -0.15) is 0 Å². The molecule has 134 valence electrons. The van der Waals surface area contributed by atoms with Gasteiger partial charge < -0.3 is 20.3 Å². The van der Waals surface area contributed by atoms with E-state index in [1.165, 1.54) is 4.90 Å². The van der Waals surface area contributed by atoms with Crippen LogP contribution in [0, 0.1) is 0 Å². The molecular weight excluding hydrogens is 328 g/mol. The summed E-state index contributed by atoms with van der Waals surface area (Å²) in [5, 5.41) is 7.06. The van der Waals surface area contributed by atoms with Crippen LogP contribution in [0.3, 0.4) is 0 Å². The number of nitrogens with one attached hydrogen (secondary N) is 2. The van der Waals surface area contributed by atoms with Gasteiger partial charge in [0.25, 0.3) is 0 Å². The lowest BCUT2D eigenvalue weighted by atomic mass is 10.2. The van der Waals surface area contributed by atoms with E-state index in [2.05, 4.69) is 15.6 Å². The van der Waals surface area contributed by atoms with Crippen LogP contribution < -0.4 is 10.6 Å². The van der Waals surface area contributed by atoms with Crippen molar-refractivity contribution < 1.29 is 9.53 Å². The van der Waals surface area contributed by atoms with Gasteiger partial charge in [0.2, 0.25) is 0 Å². The standard InChI is InChI=1S/C17H27ClN4O2/c1-17(2,3)24-16(23)22(5)10-9-20-15(19-4)21-12-13-7-6-8-14(18)11-13/h6-8,11H,9-10,12H2,1-5H3,(H2,19,20,21). The van der Waals surface area contributed by atoms with Gasteiger partial charge in [-0.1, -0.05) is 23.7 Å². The zero-order valence-electron chi connectivity index (χ0n) is 15.0. The Morgan fingerprint density at radius 3 is 2.62 bits per heavy atom. The van der Waals surface area contributed by atoms with E-state index in [0.717, 1.165) is 5.56 Å². The van der Waals surface area contributed by atoms with Crippen LogP contribution in [0.4, 0.5) is 4.79 Å². The van der Waals surface area contributed by atoms with Crippen LogP contribution in [-0.2, 0) is 11.3 Å². The molecule has 0 spiro atoms. The molecule has 0 aliphatic carbocycles. The molecule has 0 bridgehead atoms. The minimum absolute atomic E-state index is 0.342. The van der Waals surface area contributed by atoms with Gasteiger partial charge in [-0.15, -0.1) is 0 Å². The summed E-state index contributed by atoms with van der Waals surface area (Å²) in [6, 6.07) is 7.64. The first-order valence-corrected chi connectivity index (χ1v) is 8.22. The van der Waals surface area contributed by atoms with Crippen LogP contribution in [0.2, 0.25) is 5.02 Å². The van der Waals surface area contributed by atoms with E-state index in [4.69, 9.17) is 16.3 Å². The minimum Gasteiger partial charge on any atom is -0.444 e. The first kappa shape index (κ1) is 20.1. The first-order valence-electron chi connectivity index (χ1n) is 7.84. The highest BCUT2D eigenvalue weighted by Crippen LogP contribution is 2.10. The molecule has 0 fully saturated rings. The fraction of sp³-hybridized carbons (Fsp3) is 0.529. The second-order valence-electron chi connectivity index (χ2n) is 6.38. The number of halogens is 1. The number of guanidine groups is 1. The minimum atomic E-state index is -0.493. The molecular formula is C17H27ClN4O2. The fourth-order valence-electron chi connectivity index (χ4n) is 1.83. The van der Waals surface area contributed by atoms with E-state index in [9.17, 15) is 4.79 Å². The van der Waals surface area contributed by atoms with E-state index in [1.807, 2.05) is 45.0 Å². The molecule has 0 heterocycles. The predicted molar refractivity (Wildman–Crippen MR) is 98.5 cm³/mol. The summed E-state index contributed by atoms with van der Waals surface area (Å²) in [4.78, 5) is 17.5. The number of hydrogen-bond donors (Lipinski definition) is 2. The van der Waals surface area contributed by atoms with Crippen LogP contribution in [-0.4, -0.2) is 49.7 Å². The monoisotopic (exact) mass is 354 g/mol. The Morgan fingerprint density at radius 2 is 2.04 bits per heavy atom. The van der Waals surface area contributed by atoms with Gasteiger partial charge in [-0.25, -0.2) is 4.79 Å². The molecule has 7 heteroatoms. The quantitative estimate of drug-likeness (QED) is 0.630. The third-order valence-electron chi connectivity index (χ3n) is 3.02. The van der Waals surface area contributed by atoms with Crippen molar-refractivity contribution in [2.45, 2.75) is 32.9 Å². The lowest BCUT2D eigenvalue weighted by Gasteiger charge is -2.24. The Kier molecular flexibility index (Phi) is 7.85. The summed E-state index contributed by atoms with van der Waals surface area (Å²) >= 11 is 5.96. The number of benzene rings is 1. The topological polar surface area (TPSA) is 66.0 Å². The van der Waals surface area contributed by atoms with E-state index in [-0.39, 0.29) is 6.09 Å². The van der Waals surface area contributed by atoms with Crippen molar-refractivity contribution in [3.8, 4) is 0 Å². The Morgan fingerprint density at radius 1 is 1.33 bits per heavy atom. The van der Waals surface area contributed by atoms with Crippen molar-refractivity contribution >= 4 is 23.7 Å². The largest absolute Gasteiger partial charge is 0.444 e. The van der Waals surface area contributed by atoms with Gasteiger partial charge in [-0.05, 0) is 38.5 Å². The number of aliphatic imine (C=N–C) groups is 1. The molecule has 0 saturated heterocycles. The Labute approximate surface area is 149 Å². The summed E-state index contributed by atoms with van der Waals surface area (Å²) in [6.07, 6.45) is -0.342. The molecule has 0 aliphatic rings. The Bertz CT molecular complexity index is 570. The maximum absolute atomic E-state index is 11.9. The summed E-state index contributed by atoms with van der Waals surface area (Å²) < 4.78 is 5.30. The maximum Gasteiger partial charge on any atom is 0.410 e. The third-order valence-corrected chi connectivity index (χ3v) is 3.25. The molecule has 0 atom stereocenters. The van der Waals surface area contributed by atoms with Crippen LogP contribution in [0.15, 0.2) is 29.3 Å². The highest BCUT2D eigenvalue weighted by atomic mass is 35.5. The SMILES string of the molecule is CN=C(NCCN(C)C(=O)OC(C)(C)C)NCc1cccc(Cl)c1. The lowest BCUT2D eigenvalue weighted by molar-refractivity contribution is 0.0302. The van der Waals surface area contributed by atoms with Crippen molar-refractivity contribution in [1.82, 2.24) is 15.5 Å². The molecule has 2 N–H and O–H groups in total. The average Bonchev–Trinajstić information content (AvgIpc) is 2.48. The summed E-state index contributed by atoms with van der Waals surface area (Å²) in [6.45, 7) is 7.22. The van der Waals surface area contributed by atoms with E-state index < -0.39 is 5.60 Å². The van der Waals surface area contributed by atoms with Crippen molar-refractivity contribution in [2.24, 2.45) is 4.99 Å². The van der Waals surface area contributed by atoms with Gasteiger partial charge >= 0.3 is 6.09 Å². The number of carbonyl (C=O) groups excluding carboxylic acids is 1. The fourth-order valence-corrected chi connectivity index (χ4v) is 2.04.